The van der Waals surface area contributed by atoms with Gasteiger partial charge in [0.25, 0.3) is 5.91 Å². The van der Waals surface area contributed by atoms with Crippen LogP contribution in [0.2, 0.25) is 0 Å². The number of carbonyl (C=O) groups is 3. The number of fused-ring (bicyclic) bond motifs is 1. The molecule has 1 spiro atoms. The SMILES string of the molecule is C=CCN(CCC)C(=O)[C@@H]1[C@@H]2CCC3(S2)C(C(=O)N(CC=C)c2ccc(N(CC)CC)cc2)N([C@@H](CO)CC(C)C)C(=O)[C@H]13. The Hall–Kier alpha value is -2.78. The van der Waals surface area contributed by atoms with Crippen molar-refractivity contribution in [3.63, 3.8) is 0 Å². The Bertz CT molecular complexity index is 1200. The molecule has 9 heteroatoms. The zero-order valence-corrected chi connectivity index (χ0v) is 28.1. The Morgan fingerprint density at radius 3 is 2.25 bits per heavy atom. The molecule has 4 rings (SSSR count). The van der Waals surface area contributed by atoms with Crippen LogP contribution in [0.25, 0.3) is 0 Å². The first kappa shape index (κ1) is 34.1. The second-order valence-electron chi connectivity index (χ2n) is 12.8. The maximum Gasteiger partial charge on any atom is 0.251 e. The van der Waals surface area contributed by atoms with E-state index in [9.17, 15) is 19.5 Å². The highest BCUT2D eigenvalue weighted by molar-refractivity contribution is 8.02. The molecule has 0 saturated carbocycles. The summed E-state index contributed by atoms with van der Waals surface area (Å²) in [6, 6.07) is 6.70. The van der Waals surface area contributed by atoms with E-state index in [1.165, 1.54) is 0 Å². The fraction of sp³-hybridized carbons (Fsp3) is 0.629. The van der Waals surface area contributed by atoms with Gasteiger partial charge in [0.1, 0.15) is 6.04 Å². The van der Waals surface area contributed by atoms with E-state index in [-0.39, 0.29) is 42.0 Å². The van der Waals surface area contributed by atoms with Crippen LogP contribution in [-0.4, -0.2) is 94.0 Å². The molecule has 0 radical (unpaired) electrons. The molecule has 2 unspecified atom stereocenters. The van der Waals surface area contributed by atoms with E-state index in [1.807, 2.05) is 36.1 Å². The van der Waals surface area contributed by atoms with Gasteiger partial charge in [-0.2, -0.15) is 0 Å². The molecule has 3 saturated heterocycles. The monoisotopic (exact) mass is 624 g/mol. The van der Waals surface area contributed by atoms with Crippen LogP contribution in [0.4, 0.5) is 11.4 Å². The standard InChI is InChI=1S/C35H52N4O4S/c1-8-19-37(20-9-2)32(41)29-28-17-18-35(44-28)30(29)33(42)39(27(23-40)22-24(6)7)31(35)34(43)38(21-10-3)26-15-13-25(14-16-26)36(11-4)12-5/h8,10,13-16,24,27-31,40H,1,3,9,11-12,17-23H2,2,4-7H3/t27-,28+,29-,30+,31?,35?/m1/s1. The number of aliphatic hydroxyl groups excluding tert-OH is 1. The topological polar surface area (TPSA) is 84.4 Å². The lowest BCUT2D eigenvalue weighted by Crippen LogP contribution is -2.58. The summed E-state index contributed by atoms with van der Waals surface area (Å²) in [6.45, 7) is 21.1. The lowest BCUT2D eigenvalue weighted by Gasteiger charge is -2.40. The molecule has 242 valence electrons. The summed E-state index contributed by atoms with van der Waals surface area (Å²) in [7, 11) is 0. The third kappa shape index (κ3) is 6.06. The number of benzene rings is 1. The van der Waals surface area contributed by atoms with E-state index in [0.29, 0.717) is 25.9 Å². The second-order valence-corrected chi connectivity index (χ2v) is 14.4. The first-order valence-electron chi connectivity index (χ1n) is 16.4. The number of likely N-dealkylation sites (tertiary alicyclic amines) is 1. The maximum absolute atomic E-state index is 14.9. The molecule has 1 N–H and O–H groups in total. The van der Waals surface area contributed by atoms with Crippen LogP contribution in [-0.2, 0) is 14.4 Å². The highest BCUT2D eigenvalue weighted by Crippen LogP contribution is 2.67. The van der Waals surface area contributed by atoms with E-state index in [1.54, 1.807) is 33.7 Å². The summed E-state index contributed by atoms with van der Waals surface area (Å²) in [4.78, 5) is 51.2. The number of anilines is 2. The van der Waals surface area contributed by atoms with E-state index >= 15 is 0 Å². The molecule has 3 fully saturated rings. The Balaban J connectivity index is 1.79. The van der Waals surface area contributed by atoms with Gasteiger partial charge in [-0.3, -0.25) is 14.4 Å². The molecule has 0 aromatic heterocycles. The van der Waals surface area contributed by atoms with E-state index < -0.39 is 28.7 Å². The highest BCUT2D eigenvalue weighted by atomic mass is 32.2. The second kappa shape index (κ2) is 14.5. The van der Waals surface area contributed by atoms with Crippen LogP contribution in [0, 0.1) is 17.8 Å². The molecule has 0 aliphatic carbocycles. The number of nitrogens with zero attached hydrogens (tertiary/aromatic N) is 4. The number of hydrogen-bond donors (Lipinski definition) is 1. The minimum absolute atomic E-state index is 0.0167. The van der Waals surface area contributed by atoms with Gasteiger partial charge in [-0.25, -0.2) is 0 Å². The van der Waals surface area contributed by atoms with E-state index in [2.05, 4.69) is 45.8 Å². The largest absolute Gasteiger partial charge is 0.394 e. The summed E-state index contributed by atoms with van der Waals surface area (Å²) < 4.78 is -0.726. The fourth-order valence-electron chi connectivity index (χ4n) is 7.83. The van der Waals surface area contributed by atoms with Crippen molar-refractivity contribution in [1.29, 1.82) is 0 Å². The summed E-state index contributed by atoms with van der Waals surface area (Å²) in [5.41, 5.74) is 1.83. The average Bonchev–Trinajstić information content (AvgIpc) is 3.66. The fourth-order valence-corrected chi connectivity index (χ4v) is 10.0. The molecule has 2 bridgehead atoms. The molecule has 3 amide bonds. The van der Waals surface area contributed by atoms with Crippen LogP contribution in [0.3, 0.4) is 0 Å². The molecular formula is C35H52N4O4S. The van der Waals surface area contributed by atoms with Crippen molar-refractivity contribution < 1.29 is 19.5 Å². The third-order valence-corrected chi connectivity index (χ3v) is 11.6. The van der Waals surface area contributed by atoms with Crippen LogP contribution >= 0.6 is 11.8 Å². The van der Waals surface area contributed by atoms with Crippen molar-refractivity contribution in [1.82, 2.24) is 9.80 Å². The summed E-state index contributed by atoms with van der Waals surface area (Å²) >= 11 is 1.68. The summed E-state index contributed by atoms with van der Waals surface area (Å²) in [5, 5.41) is 10.6. The van der Waals surface area contributed by atoms with Crippen LogP contribution in [0.1, 0.15) is 60.3 Å². The van der Waals surface area contributed by atoms with Crippen molar-refractivity contribution in [2.45, 2.75) is 82.4 Å². The maximum atomic E-state index is 14.9. The Kier molecular flexibility index (Phi) is 11.3. The normalized spacial score (nSPS) is 26.1. The van der Waals surface area contributed by atoms with Gasteiger partial charge in [0.2, 0.25) is 11.8 Å². The number of carbonyl (C=O) groups excluding carboxylic acids is 3. The number of rotatable bonds is 16. The lowest BCUT2D eigenvalue weighted by atomic mass is 9.70. The van der Waals surface area contributed by atoms with Gasteiger partial charge >= 0.3 is 0 Å². The van der Waals surface area contributed by atoms with Crippen molar-refractivity contribution in [3.8, 4) is 0 Å². The average molecular weight is 625 g/mol. The lowest BCUT2D eigenvalue weighted by molar-refractivity contribution is -0.145. The highest BCUT2D eigenvalue weighted by Gasteiger charge is 2.74. The first-order chi connectivity index (χ1) is 21.1. The molecule has 8 nitrogen and oxygen atoms in total. The van der Waals surface area contributed by atoms with E-state index in [0.717, 1.165) is 37.3 Å². The van der Waals surface area contributed by atoms with Gasteiger partial charge in [-0.15, -0.1) is 24.9 Å². The minimum Gasteiger partial charge on any atom is -0.394 e. The van der Waals surface area contributed by atoms with Gasteiger partial charge in [-0.05, 0) is 69.7 Å². The molecule has 1 aromatic rings. The molecule has 6 atom stereocenters. The Morgan fingerprint density at radius 2 is 1.70 bits per heavy atom. The minimum atomic E-state index is -0.787. The molecule has 3 aliphatic rings. The predicted octanol–water partition coefficient (Wildman–Crippen LogP) is 4.97. The quantitative estimate of drug-likeness (QED) is 0.262. The van der Waals surface area contributed by atoms with Gasteiger partial charge in [-0.1, -0.05) is 32.9 Å². The van der Waals surface area contributed by atoms with Crippen LogP contribution in [0.5, 0.6) is 0 Å². The molecule has 3 aliphatic heterocycles. The molecule has 3 heterocycles. The molecule has 44 heavy (non-hydrogen) atoms. The van der Waals surface area contributed by atoms with Crippen molar-refractivity contribution in [2.75, 3.05) is 49.1 Å². The predicted molar refractivity (Wildman–Crippen MR) is 181 cm³/mol. The van der Waals surface area contributed by atoms with Crippen LogP contribution in [0.15, 0.2) is 49.6 Å². The number of amides is 3. The number of hydrogen-bond acceptors (Lipinski definition) is 6. The summed E-state index contributed by atoms with van der Waals surface area (Å²) in [6.07, 6.45) is 6.30. The molecule has 1 aromatic carbocycles. The third-order valence-electron chi connectivity index (χ3n) is 9.63. The number of thioether (sulfide) groups is 1. The van der Waals surface area contributed by atoms with Gasteiger partial charge < -0.3 is 24.7 Å². The van der Waals surface area contributed by atoms with Gasteiger partial charge in [0.15, 0.2) is 0 Å². The Morgan fingerprint density at radius 1 is 1.07 bits per heavy atom. The number of aliphatic hydroxyl groups is 1. The zero-order valence-electron chi connectivity index (χ0n) is 27.3. The van der Waals surface area contributed by atoms with Gasteiger partial charge in [0, 0.05) is 49.3 Å². The smallest absolute Gasteiger partial charge is 0.251 e. The van der Waals surface area contributed by atoms with E-state index in [4.69, 9.17) is 0 Å². The van der Waals surface area contributed by atoms with Crippen molar-refractivity contribution in [3.05, 3.63) is 49.6 Å². The van der Waals surface area contributed by atoms with Gasteiger partial charge in [0.05, 0.1) is 29.2 Å². The van der Waals surface area contributed by atoms with Crippen LogP contribution < -0.4 is 9.80 Å². The van der Waals surface area contributed by atoms with Crippen molar-refractivity contribution >= 4 is 40.9 Å². The van der Waals surface area contributed by atoms with Crippen molar-refractivity contribution in [2.24, 2.45) is 17.8 Å². The Labute approximate surface area is 268 Å². The first-order valence-corrected chi connectivity index (χ1v) is 17.3. The summed E-state index contributed by atoms with van der Waals surface area (Å²) in [5.74, 6) is -1.24. The molecular weight excluding hydrogens is 572 g/mol. The zero-order chi connectivity index (χ0) is 32.2.